The fourth-order valence-electron chi connectivity index (χ4n) is 1.23. The summed E-state index contributed by atoms with van der Waals surface area (Å²) in [5.74, 6) is 0. The average molecular weight is 415 g/mol. The molecule has 0 heterocycles. The van der Waals surface area contributed by atoms with Crippen LogP contribution in [0, 0.1) is 0 Å². The van der Waals surface area contributed by atoms with E-state index in [9.17, 15) is 0 Å². The fourth-order valence-corrected chi connectivity index (χ4v) is 1.23. The number of hydrogen-bond acceptors (Lipinski definition) is 2. The van der Waals surface area contributed by atoms with Gasteiger partial charge in [-0.3, -0.25) is 0 Å². The zero-order chi connectivity index (χ0) is 8.53. The molecule has 84 valence electrons. The first-order chi connectivity index (χ1) is 5.35. The molecule has 0 aromatic rings. The second-order valence-corrected chi connectivity index (χ2v) is 2.99. The van der Waals surface area contributed by atoms with E-state index >= 15 is 0 Å². The third-order valence-corrected chi connectivity index (χ3v) is 2.04. The van der Waals surface area contributed by atoms with E-state index in [-0.39, 0.29) is 48.0 Å². The van der Waals surface area contributed by atoms with Crippen LogP contribution in [0.5, 0.6) is 0 Å². The number of rotatable bonds is 7. The highest BCUT2D eigenvalue weighted by molar-refractivity contribution is 14.0. The maximum atomic E-state index is 8.68. The quantitative estimate of drug-likeness (QED) is 0.496. The Hall–Kier alpha value is 1.38. The minimum atomic E-state index is 0. The molecule has 0 amide bonds. The van der Waals surface area contributed by atoms with Gasteiger partial charge in [0.05, 0.1) is 0 Å². The van der Waals surface area contributed by atoms with Crippen molar-refractivity contribution in [2.45, 2.75) is 45.1 Å². The zero-order valence-electron chi connectivity index (χ0n) is 8.58. The van der Waals surface area contributed by atoms with E-state index in [4.69, 9.17) is 5.11 Å². The lowest BCUT2D eigenvalue weighted by Gasteiger charge is -2.13. The number of aliphatic hydroxyl groups is 1. The maximum Gasteiger partial charge on any atom is 0.0445 e. The molecule has 0 radical (unpaired) electrons. The lowest BCUT2D eigenvalue weighted by Crippen LogP contribution is -2.25. The van der Waals surface area contributed by atoms with Gasteiger partial charge in [-0.2, -0.15) is 0 Å². The standard InChI is InChI=1S/C9H21NO.2HI/c1-3-4-5-6-9(10-2)7-8-11;;/h9-11H,3-8H2,1-2H3;2*1H. The molecule has 0 bridgehead atoms. The summed E-state index contributed by atoms with van der Waals surface area (Å²) < 4.78 is 0. The Bertz CT molecular complexity index is 84.0. The van der Waals surface area contributed by atoms with E-state index in [0.29, 0.717) is 12.6 Å². The van der Waals surface area contributed by atoms with Gasteiger partial charge in [0.25, 0.3) is 0 Å². The van der Waals surface area contributed by atoms with Crippen molar-refractivity contribution >= 4 is 48.0 Å². The molecule has 0 fully saturated rings. The van der Waals surface area contributed by atoms with Crippen LogP contribution in [0.2, 0.25) is 0 Å². The highest BCUT2D eigenvalue weighted by Gasteiger charge is 2.02. The van der Waals surface area contributed by atoms with E-state index < -0.39 is 0 Å². The van der Waals surface area contributed by atoms with Crippen molar-refractivity contribution in [3.05, 3.63) is 0 Å². The van der Waals surface area contributed by atoms with E-state index in [2.05, 4.69) is 12.2 Å². The monoisotopic (exact) mass is 415 g/mol. The smallest absolute Gasteiger partial charge is 0.0445 e. The van der Waals surface area contributed by atoms with Crippen LogP contribution in [0.4, 0.5) is 0 Å². The van der Waals surface area contributed by atoms with Crippen LogP contribution < -0.4 is 5.32 Å². The summed E-state index contributed by atoms with van der Waals surface area (Å²) in [5, 5.41) is 11.9. The fraction of sp³-hybridized carbons (Fsp3) is 1.00. The van der Waals surface area contributed by atoms with E-state index in [1.807, 2.05) is 7.05 Å². The van der Waals surface area contributed by atoms with E-state index in [1.165, 1.54) is 25.7 Å². The van der Waals surface area contributed by atoms with Crippen LogP contribution in [-0.2, 0) is 0 Å². The Balaban J connectivity index is -0.000000500. The molecule has 0 saturated carbocycles. The topological polar surface area (TPSA) is 32.3 Å². The molecule has 13 heavy (non-hydrogen) atoms. The Morgan fingerprint density at radius 2 is 1.77 bits per heavy atom. The predicted molar refractivity (Wildman–Crippen MR) is 79.5 cm³/mol. The predicted octanol–water partition coefficient (Wildman–Crippen LogP) is 2.77. The molecule has 2 nitrogen and oxygen atoms in total. The maximum absolute atomic E-state index is 8.68. The van der Waals surface area contributed by atoms with Crippen molar-refractivity contribution in [2.75, 3.05) is 13.7 Å². The third kappa shape index (κ3) is 13.4. The van der Waals surface area contributed by atoms with Crippen LogP contribution in [0.15, 0.2) is 0 Å². The number of aliphatic hydroxyl groups excluding tert-OH is 1. The first kappa shape index (κ1) is 19.9. The summed E-state index contributed by atoms with van der Waals surface area (Å²) in [6.07, 6.45) is 5.95. The van der Waals surface area contributed by atoms with Crippen molar-refractivity contribution in [3.63, 3.8) is 0 Å². The number of hydrogen-bond donors (Lipinski definition) is 2. The van der Waals surface area contributed by atoms with Crippen molar-refractivity contribution in [1.82, 2.24) is 5.32 Å². The second-order valence-electron chi connectivity index (χ2n) is 2.99. The molecular weight excluding hydrogens is 392 g/mol. The van der Waals surface area contributed by atoms with E-state index in [0.717, 1.165) is 6.42 Å². The largest absolute Gasteiger partial charge is 0.396 e. The minimum absolute atomic E-state index is 0. The van der Waals surface area contributed by atoms with Gasteiger partial charge in [0.15, 0.2) is 0 Å². The molecule has 0 rings (SSSR count). The SMILES string of the molecule is CCCCCC(CCO)NC.I.I. The first-order valence-corrected chi connectivity index (χ1v) is 4.63. The Kier molecular flexibility index (Phi) is 24.2. The van der Waals surface area contributed by atoms with Crippen LogP contribution in [0.3, 0.4) is 0 Å². The van der Waals surface area contributed by atoms with Crippen molar-refractivity contribution in [3.8, 4) is 0 Å². The summed E-state index contributed by atoms with van der Waals surface area (Å²) in [6, 6.07) is 0.520. The molecular formula is C9H23I2NO. The van der Waals surface area contributed by atoms with E-state index in [1.54, 1.807) is 0 Å². The van der Waals surface area contributed by atoms with Crippen LogP contribution in [0.25, 0.3) is 0 Å². The number of nitrogens with one attached hydrogen (secondary N) is 1. The van der Waals surface area contributed by atoms with Gasteiger partial charge in [-0.05, 0) is 19.9 Å². The van der Waals surface area contributed by atoms with Gasteiger partial charge < -0.3 is 10.4 Å². The third-order valence-electron chi connectivity index (χ3n) is 2.04. The van der Waals surface area contributed by atoms with Gasteiger partial charge in [0.1, 0.15) is 0 Å². The number of halogens is 2. The van der Waals surface area contributed by atoms with Gasteiger partial charge >= 0.3 is 0 Å². The molecule has 1 atom stereocenters. The lowest BCUT2D eigenvalue weighted by atomic mass is 10.1. The summed E-state index contributed by atoms with van der Waals surface area (Å²) in [7, 11) is 1.96. The summed E-state index contributed by atoms with van der Waals surface area (Å²) in [6.45, 7) is 2.51. The van der Waals surface area contributed by atoms with Crippen LogP contribution in [0.1, 0.15) is 39.0 Å². The second kappa shape index (κ2) is 15.8. The van der Waals surface area contributed by atoms with Gasteiger partial charge in [-0.15, -0.1) is 48.0 Å². The normalized spacial score (nSPS) is 11.3. The molecule has 0 saturated heterocycles. The summed E-state index contributed by atoms with van der Waals surface area (Å²) >= 11 is 0. The lowest BCUT2D eigenvalue weighted by molar-refractivity contribution is 0.262. The highest BCUT2D eigenvalue weighted by Crippen LogP contribution is 2.05. The average Bonchev–Trinajstić information content (AvgIpc) is 2.03. The molecule has 0 aromatic carbocycles. The molecule has 1 unspecified atom stereocenters. The Labute approximate surface area is 116 Å². The van der Waals surface area contributed by atoms with Gasteiger partial charge in [0.2, 0.25) is 0 Å². The summed E-state index contributed by atoms with van der Waals surface area (Å²) in [5.41, 5.74) is 0. The summed E-state index contributed by atoms with van der Waals surface area (Å²) in [4.78, 5) is 0. The van der Waals surface area contributed by atoms with Gasteiger partial charge in [-0.25, -0.2) is 0 Å². The molecule has 0 aliphatic rings. The minimum Gasteiger partial charge on any atom is -0.396 e. The Morgan fingerprint density at radius 1 is 1.15 bits per heavy atom. The molecule has 0 aromatic heterocycles. The molecule has 0 aliphatic heterocycles. The van der Waals surface area contributed by atoms with Crippen molar-refractivity contribution in [2.24, 2.45) is 0 Å². The van der Waals surface area contributed by atoms with Crippen LogP contribution in [-0.4, -0.2) is 24.8 Å². The van der Waals surface area contributed by atoms with Crippen molar-refractivity contribution < 1.29 is 5.11 Å². The molecule has 0 spiro atoms. The van der Waals surface area contributed by atoms with Gasteiger partial charge in [0, 0.05) is 12.6 Å². The van der Waals surface area contributed by atoms with Crippen molar-refractivity contribution in [1.29, 1.82) is 0 Å². The van der Waals surface area contributed by atoms with Crippen LogP contribution >= 0.6 is 48.0 Å². The molecule has 2 N–H and O–H groups in total. The molecule has 4 heteroatoms. The van der Waals surface area contributed by atoms with Gasteiger partial charge in [-0.1, -0.05) is 26.2 Å². The number of unbranched alkanes of at least 4 members (excludes halogenated alkanes) is 2. The molecule has 0 aliphatic carbocycles. The zero-order valence-corrected chi connectivity index (χ0v) is 13.2. The Morgan fingerprint density at radius 3 is 2.15 bits per heavy atom. The highest BCUT2D eigenvalue weighted by atomic mass is 127. The first-order valence-electron chi connectivity index (χ1n) is 4.63.